The number of rotatable bonds is 3. The molecule has 0 aliphatic heterocycles. The molecule has 0 aliphatic rings. The fourth-order valence-corrected chi connectivity index (χ4v) is 1.84. The fraction of sp³-hybridized carbons (Fsp3) is 0. The Morgan fingerprint density at radius 1 is 1.21 bits per heavy atom. The van der Waals surface area contributed by atoms with Crippen LogP contribution in [0.4, 0.5) is 0 Å². The Labute approximate surface area is 120 Å². The predicted octanol–water partition coefficient (Wildman–Crippen LogP) is 3.15. The molecule has 1 N–H and O–H groups in total. The zero-order valence-corrected chi connectivity index (χ0v) is 11.2. The normalized spacial score (nSPS) is 10.6. The van der Waals surface area contributed by atoms with Crippen LogP contribution in [0.3, 0.4) is 0 Å². The van der Waals surface area contributed by atoms with Gasteiger partial charge in [-0.05, 0) is 35.9 Å². The third kappa shape index (κ3) is 3.77. The lowest BCUT2D eigenvalue weighted by Gasteiger charge is -2.02. The number of carbonyl (C=O) groups is 1. The highest BCUT2D eigenvalue weighted by atomic mass is 35.5. The second-order valence-corrected chi connectivity index (χ2v) is 4.45. The number of amides is 1. The topological polar surface area (TPSA) is 54.4 Å². The smallest absolute Gasteiger partial charge is 0.267 e. The summed E-state index contributed by atoms with van der Waals surface area (Å²) in [6.45, 7) is 0. The molecule has 19 heavy (non-hydrogen) atoms. The van der Waals surface area contributed by atoms with Crippen LogP contribution in [0, 0.1) is 0 Å². The second kappa shape index (κ2) is 6.31. The monoisotopic (exact) mass is 293 g/mol. The lowest BCUT2D eigenvalue weighted by Crippen LogP contribution is -2.18. The summed E-state index contributed by atoms with van der Waals surface area (Å²) in [5.74, 6) is -0.396. The molecule has 1 aromatic heterocycles. The van der Waals surface area contributed by atoms with E-state index < -0.39 is 5.91 Å². The van der Waals surface area contributed by atoms with Gasteiger partial charge in [-0.2, -0.15) is 5.10 Å². The minimum Gasteiger partial charge on any atom is -0.267 e. The van der Waals surface area contributed by atoms with Crippen molar-refractivity contribution >= 4 is 35.3 Å². The molecule has 1 aromatic carbocycles. The van der Waals surface area contributed by atoms with E-state index in [0.29, 0.717) is 10.6 Å². The van der Waals surface area contributed by atoms with Crippen LogP contribution in [0.2, 0.25) is 10.0 Å². The predicted molar refractivity (Wildman–Crippen MR) is 75.8 cm³/mol. The summed E-state index contributed by atoms with van der Waals surface area (Å²) in [5.41, 5.74) is 3.54. The quantitative estimate of drug-likeness (QED) is 0.698. The lowest BCUT2D eigenvalue weighted by atomic mass is 10.2. The van der Waals surface area contributed by atoms with Crippen molar-refractivity contribution < 1.29 is 4.79 Å². The van der Waals surface area contributed by atoms with Crippen LogP contribution in [0.25, 0.3) is 0 Å². The number of pyridine rings is 1. The first-order valence-corrected chi connectivity index (χ1v) is 6.11. The molecule has 0 spiro atoms. The minimum atomic E-state index is -0.396. The third-order valence-corrected chi connectivity index (χ3v) is 2.81. The van der Waals surface area contributed by atoms with Crippen molar-refractivity contribution in [2.24, 2.45) is 5.10 Å². The van der Waals surface area contributed by atoms with E-state index in [1.807, 2.05) is 0 Å². The first kappa shape index (κ1) is 13.5. The molecule has 4 nitrogen and oxygen atoms in total. The van der Waals surface area contributed by atoms with Crippen LogP contribution >= 0.6 is 23.2 Å². The largest absolute Gasteiger partial charge is 0.272 e. The molecule has 0 bridgehead atoms. The van der Waals surface area contributed by atoms with Crippen molar-refractivity contribution in [2.45, 2.75) is 0 Å². The molecule has 0 radical (unpaired) electrons. The van der Waals surface area contributed by atoms with Gasteiger partial charge in [-0.25, -0.2) is 5.43 Å². The van der Waals surface area contributed by atoms with Crippen LogP contribution in [0.5, 0.6) is 0 Å². The Kier molecular flexibility index (Phi) is 4.49. The van der Waals surface area contributed by atoms with Crippen LogP contribution in [0.1, 0.15) is 15.9 Å². The average Bonchev–Trinajstić information content (AvgIpc) is 2.39. The molecule has 0 fully saturated rings. The molecule has 0 unspecified atom stereocenters. The molecule has 96 valence electrons. The number of hydrogen-bond acceptors (Lipinski definition) is 3. The zero-order chi connectivity index (χ0) is 13.7. The number of hydrazone groups is 1. The number of aromatic nitrogens is 1. The number of nitrogens with zero attached hydrogens (tertiary/aromatic N) is 2. The van der Waals surface area contributed by atoms with Gasteiger partial charge in [0.1, 0.15) is 0 Å². The molecule has 1 amide bonds. The van der Waals surface area contributed by atoms with E-state index in [9.17, 15) is 4.79 Å². The van der Waals surface area contributed by atoms with Crippen molar-refractivity contribution in [2.75, 3.05) is 0 Å². The van der Waals surface area contributed by atoms with Gasteiger partial charge in [0, 0.05) is 17.4 Å². The van der Waals surface area contributed by atoms with Gasteiger partial charge in [-0.3, -0.25) is 9.78 Å². The van der Waals surface area contributed by atoms with Crippen molar-refractivity contribution in [1.29, 1.82) is 0 Å². The molecular weight excluding hydrogens is 285 g/mol. The number of carbonyl (C=O) groups excluding carboxylic acids is 1. The van der Waals surface area contributed by atoms with Gasteiger partial charge >= 0.3 is 0 Å². The van der Waals surface area contributed by atoms with Gasteiger partial charge in [0.25, 0.3) is 5.91 Å². The van der Waals surface area contributed by atoms with Crippen LogP contribution in [-0.2, 0) is 0 Å². The van der Waals surface area contributed by atoms with E-state index in [1.54, 1.807) is 36.7 Å². The SMILES string of the molecule is O=C(NN=Cc1ccncc1)c1ccc(Cl)cc1Cl. The molecule has 6 heteroatoms. The van der Waals surface area contributed by atoms with Crippen LogP contribution in [0.15, 0.2) is 47.8 Å². The van der Waals surface area contributed by atoms with E-state index in [1.165, 1.54) is 12.3 Å². The molecule has 1 heterocycles. The van der Waals surface area contributed by atoms with Crippen LogP contribution in [-0.4, -0.2) is 17.1 Å². The summed E-state index contributed by atoms with van der Waals surface area (Å²) in [7, 11) is 0. The van der Waals surface area contributed by atoms with E-state index in [2.05, 4.69) is 15.5 Å². The highest BCUT2D eigenvalue weighted by Crippen LogP contribution is 2.20. The maximum atomic E-state index is 11.8. The number of nitrogens with one attached hydrogen (secondary N) is 1. The van der Waals surface area contributed by atoms with Gasteiger partial charge in [0.15, 0.2) is 0 Å². The minimum absolute atomic E-state index is 0.282. The Hall–Kier alpha value is -1.91. The van der Waals surface area contributed by atoms with Crippen LogP contribution < -0.4 is 5.43 Å². The second-order valence-electron chi connectivity index (χ2n) is 3.60. The Morgan fingerprint density at radius 3 is 2.63 bits per heavy atom. The summed E-state index contributed by atoms with van der Waals surface area (Å²) in [4.78, 5) is 15.7. The van der Waals surface area contributed by atoms with E-state index in [0.717, 1.165) is 5.56 Å². The summed E-state index contributed by atoms with van der Waals surface area (Å²) in [5, 5.41) is 4.59. The van der Waals surface area contributed by atoms with Crippen molar-refractivity contribution in [3.63, 3.8) is 0 Å². The first-order valence-electron chi connectivity index (χ1n) is 5.35. The summed E-state index contributed by atoms with van der Waals surface area (Å²) in [6.07, 6.45) is 4.79. The van der Waals surface area contributed by atoms with E-state index >= 15 is 0 Å². The fourth-order valence-electron chi connectivity index (χ4n) is 1.35. The van der Waals surface area contributed by atoms with Gasteiger partial charge in [0.2, 0.25) is 0 Å². The highest BCUT2D eigenvalue weighted by Gasteiger charge is 2.09. The molecule has 2 rings (SSSR count). The average molecular weight is 294 g/mol. The van der Waals surface area contributed by atoms with Gasteiger partial charge in [-0.15, -0.1) is 0 Å². The summed E-state index contributed by atoms with van der Waals surface area (Å²) < 4.78 is 0. The molecule has 0 saturated heterocycles. The van der Waals surface area contributed by atoms with Crippen molar-refractivity contribution in [1.82, 2.24) is 10.4 Å². The van der Waals surface area contributed by atoms with Gasteiger partial charge < -0.3 is 0 Å². The molecule has 0 atom stereocenters. The van der Waals surface area contributed by atoms with Crippen molar-refractivity contribution in [3.8, 4) is 0 Å². The Balaban J connectivity index is 2.04. The number of hydrogen-bond donors (Lipinski definition) is 1. The molecular formula is C13H9Cl2N3O. The maximum Gasteiger partial charge on any atom is 0.272 e. The molecule has 0 aliphatic carbocycles. The summed E-state index contributed by atoms with van der Waals surface area (Å²) >= 11 is 11.7. The Morgan fingerprint density at radius 2 is 1.95 bits per heavy atom. The van der Waals surface area contributed by atoms with Crippen molar-refractivity contribution in [3.05, 3.63) is 63.9 Å². The first-order chi connectivity index (χ1) is 9.16. The number of benzene rings is 1. The standard InChI is InChI=1S/C13H9Cl2N3O/c14-10-1-2-11(12(15)7-10)13(19)18-17-8-9-3-5-16-6-4-9/h1-8H,(H,18,19). The number of halogens is 2. The van der Waals surface area contributed by atoms with E-state index in [4.69, 9.17) is 23.2 Å². The van der Waals surface area contributed by atoms with Gasteiger partial charge in [0.05, 0.1) is 16.8 Å². The molecule has 2 aromatic rings. The third-order valence-electron chi connectivity index (χ3n) is 2.26. The van der Waals surface area contributed by atoms with Gasteiger partial charge in [-0.1, -0.05) is 23.2 Å². The zero-order valence-electron chi connectivity index (χ0n) is 9.68. The molecule has 0 saturated carbocycles. The Bertz CT molecular complexity index is 615. The van der Waals surface area contributed by atoms with E-state index in [-0.39, 0.29) is 5.02 Å². The highest BCUT2D eigenvalue weighted by molar-refractivity contribution is 6.36. The lowest BCUT2D eigenvalue weighted by molar-refractivity contribution is 0.0955. The maximum absolute atomic E-state index is 11.8. The summed E-state index contributed by atoms with van der Waals surface area (Å²) in [6, 6.07) is 8.18.